The Morgan fingerprint density at radius 3 is 2.29 bits per heavy atom. The molecule has 0 bridgehead atoms. The molecule has 0 aromatic heterocycles. The molecule has 3 saturated carbocycles. The summed E-state index contributed by atoms with van der Waals surface area (Å²) >= 11 is 0. The highest BCUT2D eigenvalue weighted by molar-refractivity contribution is 6.00. The molecule has 0 spiro atoms. The van der Waals surface area contributed by atoms with Crippen LogP contribution >= 0.6 is 0 Å². The van der Waals surface area contributed by atoms with Crippen molar-refractivity contribution in [1.29, 1.82) is 0 Å². The highest BCUT2D eigenvalue weighted by Crippen LogP contribution is 2.75. The topological polar surface area (TPSA) is 119 Å². The molecule has 232 valence electrons. The van der Waals surface area contributed by atoms with Gasteiger partial charge in [-0.2, -0.15) is 0 Å². The van der Waals surface area contributed by atoms with Crippen LogP contribution in [-0.2, 0) is 14.3 Å². The summed E-state index contributed by atoms with van der Waals surface area (Å²) in [4.78, 5) is 27.3. The lowest BCUT2D eigenvalue weighted by atomic mass is 9.34. The van der Waals surface area contributed by atoms with Gasteiger partial charge in [-0.05, 0) is 93.5 Å². The molecule has 4 fully saturated rings. The second kappa shape index (κ2) is 10.2. The molecule has 0 radical (unpaired) electrons. The number of aliphatic hydroxyl groups excluding tert-OH is 3. The molecule has 5 aliphatic rings. The van der Waals surface area contributed by atoms with Crippen LogP contribution < -0.4 is 5.32 Å². The Labute approximate surface area is 246 Å². The van der Waals surface area contributed by atoms with Gasteiger partial charge in [0.15, 0.2) is 5.78 Å². The first-order valence-electron chi connectivity index (χ1n) is 16.1. The van der Waals surface area contributed by atoms with Crippen molar-refractivity contribution in [3.05, 3.63) is 11.1 Å². The number of Topliss-reactive ketones (excluding diaryl/α,β-unsaturated/α-hetero) is 2. The van der Waals surface area contributed by atoms with Crippen molar-refractivity contribution >= 4 is 11.6 Å². The first kappa shape index (κ1) is 31.3. The number of epoxide rings is 1. The molecule has 0 aromatic carbocycles. The minimum absolute atomic E-state index is 0.0135. The number of rotatable bonds is 9. The maximum Gasteiger partial charge on any atom is 0.159 e. The number of allylic oxidation sites excluding steroid dienone is 2. The third-order valence-electron chi connectivity index (χ3n) is 12.9. The van der Waals surface area contributed by atoms with Gasteiger partial charge in [0.25, 0.3) is 0 Å². The summed E-state index contributed by atoms with van der Waals surface area (Å²) in [7, 11) is 0. The number of hydrogen-bond acceptors (Lipinski definition) is 7. The first-order chi connectivity index (χ1) is 19.0. The van der Waals surface area contributed by atoms with E-state index in [1.807, 2.05) is 13.8 Å². The minimum Gasteiger partial charge on any atom is -0.396 e. The van der Waals surface area contributed by atoms with Gasteiger partial charge in [0.1, 0.15) is 11.9 Å². The quantitative estimate of drug-likeness (QED) is 0.303. The van der Waals surface area contributed by atoms with E-state index in [4.69, 9.17) is 4.74 Å². The van der Waals surface area contributed by atoms with Crippen molar-refractivity contribution in [2.24, 2.45) is 39.4 Å². The van der Waals surface area contributed by atoms with Gasteiger partial charge in [-0.3, -0.25) is 9.59 Å². The molecule has 0 amide bonds. The molecule has 0 aromatic rings. The van der Waals surface area contributed by atoms with E-state index in [1.54, 1.807) is 6.92 Å². The normalized spacial score (nSPS) is 43.2. The van der Waals surface area contributed by atoms with Crippen LogP contribution in [0.15, 0.2) is 11.1 Å². The van der Waals surface area contributed by atoms with Gasteiger partial charge in [0, 0.05) is 42.9 Å². The Morgan fingerprint density at radius 1 is 1.05 bits per heavy atom. The molecule has 4 N–H and O–H groups in total. The molecule has 1 aliphatic heterocycles. The average molecular weight is 574 g/mol. The van der Waals surface area contributed by atoms with Gasteiger partial charge in [0.05, 0.1) is 17.8 Å². The minimum atomic E-state index is -0.610. The summed E-state index contributed by atoms with van der Waals surface area (Å²) in [5.41, 5.74) is 0.482. The zero-order valence-electron chi connectivity index (χ0n) is 26.7. The second-order valence-electron chi connectivity index (χ2n) is 16.1. The van der Waals surface area contributed by atoms with E-state index >= 15 is 0 Å². The Morgan fingerprint density at radius 2 is 1.71 bits per heavy atom. The Balaban J connectivity index is 1.58. The van der Waals surface area contributed by atoms with Gasteiger partial charge in [0.2, 0.25) is 0 Å². The van der Waals surface area contributed by atoms with E-state index in [0.29, 0.717) is 38.0 Å². The average Bonchev–Trinajstić information content (AvgIpc) is 3.41. The van der Waals surface area contributed by atoms with Crippen molar-refractivity contribution in [1.82, 2.24) is 5.32 Å². The van der Waals surface area contributed by atoms with E-state index in [-0.39, 0.29) is 58.7 Å². The number of fused-ring (bicyclic) bond motifs is 5. The summed E-state index contributed by atoms with van der Waals surface area (Å²) < 4.78 is 5.71. The molecular formula is C34H55NO6. The fraction of sp³-hybridized carbons (Fsp3) is 0.882. The third kappa shape index (κ3) is 4.63. The van der Waals surface area contributed by atoms with Crippen molar-refractivity contribution in [3.8, 4) is 0 Å². The zero-order chi connectivity index (χ0) is 30.3. The summed E-state index contributed by atoms with van der Waals surface area (Å²) in [6, 6.07) is -0.0135. The number of carbonyl (C=O) groups is 2. The van der Waals surface area contributed by atoms with Gasteiger partial charge >= 0.3 is 0 Å². The molecule has 5 rings (SSSR count). The van der Waals surface area contributed by atoms with Crippen LogP contribution in [0.3, 0.4) is 0 Å². The van der Waals surface area contributed by atoms with Crippen LogP contribution in [0, 0.1) is 39.4 Å². The Kier molecular flexibility index (Phi) is 7.81. The lowest BCUT2D eigenvalue weighted by Gasteiger charge is -2.70. The lowest BCUT2D eigenvalue weighted by Crippen LogP contribution is -2.69. The fourth-order valence-corrected chi connectivity index (χ4v) is 11.2. The lowest BCUT2D eigenvalue weighted by molar-refractivity contribution is -0.200. The molecule has 7 nitrogen and oxygen atoms in total. The summed E-state index contributed by atoms with van der Waals surface area (Å²) in [5, 5.41) is 35.5. The zero-order valence-corrected chi connectivity index (χ0v) is 26.7. The van der Waals surface area contributed by atoms with Crippen molar-refractivity contribution in [3.63, 3.8) is 0 Å². The van der Waals surface area contributed by atoms with E-state index in [0.717, 1.165) is 31.3 Å². The first-order valence-corrected chi connectivity index (χ1v) is 16.1. The molecular weight excluding hydrogens is 518 g/mol. The van der Waals surface area contributed by atoms with E-state index in [9.17, 15) is 24.9 Å². The summed E-state index contributed by atoms with van der Waals surface area (Å²) in [6.45, 7) is 17.2. The molecule has 7 heteroatoms. The second-order valence-corrected chi connectivity index (χ2v) is 16.1. The largest absolute Gasteiger partial charge is 0.396 e. The molecule has 10 atom stereocenters. The summed E-state index contributed by atoms with van der Waals surface area (Å²) in [6.07, 6.45) is 4.18. The predicted molar refractivity (Wildman–Crippen MR) is 158 cm³/mol. The Hall–Kier alpha value is -1.12. The van der Waals surface area contributed by atoms with Crippen LogP contribution in [0.1, 0.15) is 107 Å². The van der Waals surface area contributed by atoms with E-state index < -0.39 is 23.0 Å². The maximum absolute atomic E-state index is 14.0. The van der Waals surface area contributed by atoms with Crippen molar-refractivity contribution in [2.75, 3.05) is 13.2 Å². The maximum atomic E-state index is 14.0. The van der Waals surface area contributed by atoms with Gasteiger partial charge < -0.3 is 25.4 Å². The number of ketones is 2. The molecule has 10 unspecified atom stereocenters. The smallest absolute Gasteiger partial charge is 0.159 e. The molecule has 1 heterocycles. The molecule has 1 saturated heterocycles. The van der Waals surface area contributed by atoms with Crippen LogP contribution in [0.4, 0.5) is 0 Å². The monoisotopic (exact) mass is 573 g/mol. The van der Waals surface area contributed by atoms with E-state index in [2.05, 4.69) is 39.9 Å². The van der Waals surface area contributed by atoms with Crippen LogP contribution in [-0.4, -0.2) is 70.0 Å². The summed E-state index contributed by atoms with van der Waals surface area (Å²) in [5.74, 6) is 0.810. The number of aliphatic hydroxyl groups is 3. The predicted octanol–water partition coefficient (Wildman–Crippen LogP) is 4.36. The van der Waals surface area contributed by atoms with Crippen LogP contribution in [0.25, 0.3) is 0 Å². The van der Waals surface area contributed by atoms with Gasteiger partial charge in [-0.1, -0.05) is 40.2 Å². The standard InChI is InChI=1S/C34H55NO6/c1-19(15-23(38)29-31(5,6)41-29)27-21-9-10-25-32(7)12-11-26(40)30(3,4)28(32)22(35-18-20(2)37)16-34(25,13-14-36)33(21,8)17-24(27)39/h19-20,22-23,25,28-29,35-38H,9-18H2,1-8H3. The third-order valence-corrected chi connectivity index (χ3v) is 12.9. The van der Waals surface area contributed by atoms with Crippen molar-refractivity contribution in [2.45, 2.75) is 137 Å². The van der Waals surface area contributed by atoms with Crippen molar-refractivity contribution < 1.29 is 29.6 Å². The van der Waals surface area contributed by atoms with Crippen LogP contribution in [0.2, 0.25) is 0 Å². The molecule has 41 heavy (non-hydrogen) atoms. The number of carbonyl (C=O) groups excluding carboxylic acids is 2. The highest BCUT2D eigenvalue weighted by atomic mass is 16.6. The number of ether oxygens (including phenoxy) is 1. The SMILES string of the molecule is CC(O)CNC1CC2(CCO)C(CCC3=C(C(C)CC(O)C4OC4(C)C)C(=O)CC32C)C2(C)CCC(=O)C(C)(C)C12. The fourth-order valence-electron chi connectivity index (χ4n) is 11.2. The number of hydrogen-bond donors (Lipinski definition) is 4. The van der Waals surface area contributed by atoms with Gasteiger partial charge in [-0.25, -0.2) is 0 Å². The Bertz CT molecular complexity index is 1110. The highest BCUT2D eigenvalue weighted by Gasteiger charge is 2.71. The van der Waals surface area contributed by atoms with Crippen LogP contribution in [0.5, 0.6) is 0 Å². The molecule has 4 aliphatic carbocycles. The van der Waals surface area contributed by atoms with E-state index in [1.165, 1.54) is 5.57 Å². The number of nitrogens with one attached hydrogen (secondary N) is 1. The van der Waals surface area contributed by atoms with Gasteiger partial charge in [-0.15, -0.1) is 0 Å².